The third-order valence-electron chi connectivity index (χ3n) is 2.80. The number of hydrogen-bond donors (Lipinski definition) is 2. The van der Waals surface area contributed by atoms with E-state index in [0.29, 0.717) is 5.13 Å². The Morgan fingerprint density at radius 3 is 2.71 bits per heavy atom. The third kappa shape index (κ3) is 3.16. The number of rotatable bonds is 5. The normalized spacial score (nSPS) is 10.6. The van der Waals surface area contributed by atoms with Gasteiger partial charge < -0.3 is 10.4 Å². The first-order valence-corrected chi connectivity index (χ1v) is 7.01. The van der Waals surface area contributed by atoms with Gasteiger partial charge in [-0.05, 0) is 18.1 Å². The molecule has 1 heterocycles. The van der Waals surface area contributed by atoms with Crippen molar-refractivity contribution >= 4 is 33.8 Å². The van der Waals surface area contributed by atoms with Crippen LogP contribution in [0.25, 0.3) is 0 Å². The first-order valence-electron chi connectivity index (χ1n) is 6.13. The monoisotopic (exact) mass is 307 g/mol. The highest BCUT2D eigenvalue weighted by atomic mass is 32.1. The summed E-state index contributed by atoms with van der Waals surface area (Å²) in [4.78, 5) is 25.8. The van der Waals surface area contributed by atoms with E-state index in [4.69, 9.17) is 5.11 Å². The lowest BCUT2D eigenvalue weighted by molar-refractivity contribution is -0.384. The molecule has 8 heteroatoms. The van der Waals surface area contributed by atoms with Gasteiger partial charge in [-0.2, -0.15) is 0 Å². The average molecular weight is 307 g/mol. The number of carboxylic acid groups (broad SMARTS) is 1. The SMILES string of the molecule is CC(C)c1csc(Nc2cccc(C(=O)O)c2[N+](=O)[O-])n1. The summed E-state index contributed by atoms with van der Waals surface area (Å²) in [6.45, 7) is 3.98. The van der Waals surface area contributed by atoms with Gasteiger partial charge in [0.15, 0.2) is 5.13 Å². The number of hydrogen-bond acceptors (Lipinski definition) is 6. The van der Waals surface area contributed by atoms with Crippen LogP contribution in [0.15, 0.2) is 23.6 Å². The molecule has 0 aliphatic carbocycles. The van der Waals surface area contributed by atoms with Crippen LogP contribution in [0.5, 0.6) is 0 Å². The van der Waals surface area contributed by atoms with E-state index in [1.54, 1.807) is 0 Å². The fourth-order valence-corrected chi connectivity index (χ4v) is 2.62. The van der Waals surface area contributed by atoms with Crippen LogP contribution >= 0.6 is 11.3 Å². The summed E-state index contributed by atoms with van der Waals surface area (Å²) in [6.07, 6.45) is 0. The van der Waals surface area contributed by atoms with Gasteiger partial charge in [-0.1, -0.05) is 19.9 Å². The first kappa shape index (κ1) is 14.9. The van der Waals surface area contributed by atoms with E-state index in [1.807, 2.05) is 19.2 Å². The van der Waals surface area contributed by atoms with E-state index in [-0.39, 0.29) is 17.2 Å². The number of carboxylic acids is 1. The number of aromatic carboxylic acids is 1. The van der Waals surface area contributed by atoms with Gasteiger partial charge in [0.2, 0.25) is 0 Å². The molecule has 0 spiro atoms. The molecule has 0 unspecified atom stereocenters. The molecule has 0 aliphatic heterocycles. The van der Waals surface area contributed by atoms with Gasteiger partial charge in [-0.3, -0.25) is 10.1 Å². The Hall–Kier alpha value is -2.48. The maximum atomic E-state index is 11.1. The van der Waals surface area contributed by atoms with Crippen LogP contribution in [0, 0.1) is 10.1 Å². The van der Waals surface area contributed by atoms with Gasteiger partial charge in [0.25, 0.3) is 0 Å². The van der Waals surface area contributed by atoms with Crippen LogP contribution in [0.4, 0.5) is 16.5 Å². The quantitative estimate of drug-likeness (QED) is 0.645. The average Bonchev–Trinajstić information content (AvgIpc) is 2.86. The van der Waals surface area contributed by atoms with Gasteiger partial charge in [0.1, 0.15) is 11.3 Å². The van der Waals surface area contributed by atoms with Crippen molar-refractivity contribution in [2.24, 2.45) is 0 Å². The Morgan fingerprint density at radius 1 is 1.48 bits per heavy atom. The van der Waals surface area contributed by atoms with Gasteiger partial charge in [0, 0.05) is 5.38 Å². The molecule has 2 N–H and O–H groups in total. The summed E-state index contributed by atoms with van der Waals surface area (Å²) >= 11 is 1.32. The van der Waals surface area contributed by atoms with E-state index >= 15 is 0 Å². The topological polar surface area (TPSA) is 105 Å². The minimum Gasteiger partial charge on any atom is -0.477 e. The molecular weight excluding hydrogens is 294 g/mol. The van der Waals surface area contributed by atoms with E-state index in [1.165, 1.54) is 29.5 Å². The minimum absolute atomic E-state index is 0.115. The molecule has 0 saturated heterocycles. The van der Waals surface area contributed by atoms with Crippen LogP contribution < -0.4 is 5.32 Å². The number of benzene rings is 1. The van der Waals surface area contributed by atoms with Crippen molar-refractivity contribution in [1.29, 1.82) is 0 Å². The molecule has 0 atom stereocenters. The standard InChI is InChI=1S/C13H13N3O4S/c1-7(2)10-6-21-13(15-10)14-9-5-3-4-8(12(17)18)11(9)16(19)20/h3-7H,1-2H3,(H,14,15)(H,17,18). The number of thiazole rings is 1. The molecule has 1 aromatic carbocycles. The van der Waals surface area contributed by atoms with Gasteiger partial charge in [0.05, 0.1) is 10.6 Å². The third-order valence-corrected chi connectivity index (χ3v) is 3.58. The van der Waals surface area contributed by atoms with Crippen molar-refractivity contribution < 1.29 is 14.8 Å². The molecule has 0 amide bonds. The summed E-state index contributed by atoms with van der Waals surface area (Å²) < 4.78 is 0. The van der Waals surface area contributed by atoms with Gasteiger partial charge in [-0.15, -0.1) is 11.3 Å². The maximum absolute atomic E-state index is 11.1. The number of para-hydroxylation sites is 1. The van der Waals surface area contributed by atoms with Crippen molar-refractivity contribution in [3.8, 4) is 0 Å². The number of nitro groups is 1. The smallest absolute Gasteiger partial charge is 0.342 e. The van der Waals surface area contributed by atoms with Crippen LogP contribution in [-0.4, -0.2) is 21.0 Å². The molecule has 2 aromatic rings. The van der Waals surface area contributed by atoms with E-state index < -0.39 is 16.6 Å². The van der Waals surface area contributed by atoms with Crippen LogP contribution in [0.3, 0.4) is 0 Å². The van der Waals surface area contributed by atoms with Crippen molar-refractivity contribution in [3.05, 3.63) is 45.0 Å². The Bertz CT molecular complexity index is 696. The zero-order valence-electron chi connectivity index (χ0n) is 11.4. The summed E-state index contributed by atoms with van der Waals surface area (Å²) in [7, 11) is 0. The lowest BCUT2D eigenvalue weighted by Gasteiger charge is -2.06. The summed E-state index contributed by atoms with van der Waals surface area (Å²) in [5, 5.41) is 25.4. The largest absolute Gasteiger partial charge is 0.477 e. The number of aromatic nitrogens is 1. The molecule has 0 fully saturated rings. The number of nitro benzene ring substituents is 1. The summed E-state index contributed by atoms with van der Waals surface area (Å²) in [6, 6.07) is 4.11. The second-order valence-corrected chi connectivity index (χ2v) is 5.48. The van der Waals surface area contributed by atoms with E-state index in [0.717, 1.165) is 5.69 Å². The summed E-state index contributed by atoms with van der Waals surface area (Å²) in [5.41, 5.74) is 0.168. The predicted octanol–water partition coefficient (Wildman–Crippen LogP) is 3.62. The fraction of sp³-hybridized carbons (Fsp3) is 0.231. The predicted molar refractivity (Wildman–Crippen MR) is 79.5 cm³/mol. The first-order chi connectivity index (χ1) is 9.90. The molecule has 0 bridgehead atoms. The highest BCUT2D eigenvalue weighted by Gasteiger charge is 2.24. The molecular formula is C13H13N3O4S. The number of anilines is 2. The Kier molecular flexibility index (Phi) is 4.18. The molecule has 0 aliphatic rings. The zero-order chi connectivity index (χ0) is 15.6. The molecule has 21 heavy (non-hydrogen) atoms. The Morgan fingerprint density at radius 2 is 2.19 bits per heavy atom. The molecule has 110 valence electrons. The van der Waals surface area contributed by atoms with Gasteiger partial charge in [-0.25, -0.2) is 9.78 Å². The summed E-state index contributed by atoms with van der Waals surface area (Å²) in [5.74, 6) is -1.09. The fourth-order valence-electron chi connectivity index (χ4n) is 1.74. The second kappa shape index (κ2) is 5.88. The molecule has 0 radical (unpaired) electrons. The Labute approximate surface area is 124 Å². The minimum atomic E-state index is -1.34. The van der Waals surface area contributed by atoms with Crippen LogP contribution in [0.1, 0.15) is 35.8 Å². The van der Waals surface area contributed by atoms with Crippen molar-refractivity contribution in [2.45, 2.75) is 19.8 Å². The van der Waals surface area contributed by atoms with Crippen LogP contribution in [-0.2, 0) is 0 Å². The molecule has 0 saturated carbocycles. The number of carbonyl (C=O) groups is 1. The molecule has 2 rings (SSSR count). The lowest BCUT2D eigenvalue weighted by Crippen LogP contribution is -2.05. The van der Waals surface area contributed by atoms with Crippen LogP contribution in [0.2, 0.25) is 0 Å². The Balaban J connectivity index is 2.41. The van der Waals surface area contributed by atoms with Crippen molar-refractivity contribution in [3.63, 3.8) is 0 Å². The maximum Gasteiger partial charge on any atom is 0.342 e. The molecule has 1 aromatic heterocycles. The zero-order valence-corrected chi connectivity index (χ0v) is 12.2. The highest BCUT2D eigenvalue weighted by molar-refractivity contribution is 7.13. The number of nitrogens with one attached hydrogen (secondary N) is 1. The lowest BCUT2D eigenvalue weighted by atomic mass is 10.1. The second-order valence-electron chi connectivity index (χ2n) is 4.62. The van der Waals surface area contributed by atoms with Crippen molar-refractivity contribution in [1.82, 2.24) is 4.98 Å². The van der Waals surface area contributed by atoms with E-state index in [9.17, 15) is 14.9 Å². The van der Waals surface area contributed by atoms with Gasteiger partial charge >= 0.3 is 11.7 Å². The van der Waals surface area contributed by atoms with Crippen molar-refractivity contribution in [2.75, 3.05) is 5.32 Å². The number of nitrogens with zero attached hydrogens (tertiary/aromatic N) is 2. The molecule has 7 nitrogen and oxygen atoms in total. The van der Waals surface area contributed by atoms with E-state index in [2.05, 4.69) is 10.3 Å². The highest BCUT2D eigenvalue weighted by Crippen LogP contribution is 2.32.